The maximum atomic E-state index is 12.9. The number of ether oxygens (including phenoxy) is 1. The number of aliphatic hydroxyl groups is 3. The summed E-state index contributed by atoms with van der Waals surface area (Å²) < 4.78 is 5.68. The van der Waals surface area contributed by atoms with Gasteiger partial charge in [-0.05, 0) is 24.7 Å². The van der Waals surface area contributed by atoms with Gasteiger partial charge in [0.15, 0.2) is 5.78 Å². The predicted molar refractivity (Wildman–Crippen MR) is 106 cm³/mol. The third kappa shape index (κ3) is 5.47. The van der Waals surface area contributed by atoms with E-state index in [-0.39, 0.29) is 24.2 Å². The fraction of sp³-hybridized carbons (Fsp3) is 0.857. The smallest absolute Gasteiger partial charge is 0.161 e. The van der Waals surface area contributed by atoms with Crippen LogP contribution in [0.25, 0.3) is 0 Å². The Morgan fingerprint density at radius 2 is 1.75 bits per heavy atom. The average molecular weight is 398 g/mol. The normalized spacial score (nSPS) is 36.2. The molecule has 2 rings (SSSR count). The van der Waals surface area contributed by atoms with Crippen LogP contribution in [0.2, 0.25) is 0 Å². The van der Waals surface area contributed by atoms with Gasteiger partial charge in [0.1, 0.15) is 37.1 Å². The van der Waals surface area contributed by atoms with Gasteiger partial charge in [0.05, 0.1) is 0 Å². The van der Waals surface area contributed by atoms with E-state index >= 15 is 0 Å². The number of nitroso groups, excluding NO2 is 1. The van der Waals surface area contributed by atoms with Gasteiger partial charge in [-0.15, -0.1) is 0 Å². The molecule has 160 valence electrons. The third-order valence-corrected chi connectivity index (χ3v) is 6.11. The molecule has 1 aliphatic carbocycles. The third-order valence-electron chi connectivity index (χ3n) is 6.11. The van der Waals surface area contributed by atoms with Crippen LogP contribution in [0.4, 0.5) is 0 Å². The van der Waals surface area contributed by atoms with Gasteiger partial charge in [-0.3, -0.25) is 4.79 Å². The van der Waals surface area contributed by atoms with Crippen molar-refractivity contribution in [3.8, 4) is 0 Å². The minimum absolute atomic E-state index is 0.0836. The summed E-state index contributed by atoms with van der Waals surface area (Å²) in [6.45, 7) is 3.94. The largest absolute Gasteiger partial charge is 0.388 e. The van der Waals surface area contributed by atoms with Crippen LogP contribution in [0.15, 0.2) is 16.8 Å². The standard InChI is InChI=1S/C21H35NO6/c1-3-5-7-9-14-11-16(23)15(10-13(14)8-6-4-2)21-20(26)19(25)18(24)17(28-21)12-22-27/h10,13-14,17-21,24-26H,3-9,11-12H2,1-2H3. The van der Waals surface area contributed by atoms with Crippen molar-refractivity contribution >= 4 is 5.78 Å². The Morgan fingerprint density at radius 3 is 2.39 bits per heavy atom. The summed E-state index contributed by atoms with van der Waals surface area (Å²) in [4.78, 5) is 23.5. The van der Waals surface area contributed by atoms with Crippen LogP contribution in [0.1, 0.15) is 65.2 Å². The zero-order chi connectivity index (χ0) is 20.7. The van der Waals surface area contributed by atoms with Gasteiger partial charge in [0.2, 0.25) is 0 Å². The number of allylic oxidation sites excluding steroid dienone is 1. The number of carbonyl (C=O) groups is 1. The van der Waals surface area contributed by atoms with Crippen LogP contribution in [-0.2, 0) is 9.53 Å². The molecule has 0 spiro atoms. The lowest BCUT2D eigenvalue weighted by Gasteiger charge is -2.42. The van der Waals surface area contributed by atoms with Crippen LogP contribution < -0.4 is 0 Å². The van der Waals surface area contributed by atoms with E-state index in [4.69, 9.17) is 4.74 Å². The monoisotopic (exact) mass is 397 g/mol. The first-order valence-electron chi connectivity index (χ1n) is 10.7. The van der Waals surface area contributed by atoms with Gasteiger partial charge in [-0.1, -0.05) is 57.2 Å². The Labute approximate surface area is 167 Å². The van der Waals surface area contributed by atoms with Crippen molar-refractivity contribution in [2.75, 3.05) is 6.54 Å². The van der Waals surface area contributed by atoms with Crippen molar-refractivity contribution in [1.82, 2.24) is 0 Å². The molecule has 3 N–H and O–H groups in total. The fourth-order valence-corrected chi connectivity index (χ4v) is 4.38. The molecule has 7 heteroatoms. The highest BCUT2D eigenvalue weighted by molar-refractivity contribution is 5.97. The molecule has 1 heterocycles. The molecule has 1 aliphatic heterocycles. The Hall–Kier alpha value is -1.15. The SMILES string of the molecule is CCCCCC1CC(=O)C(C2OC(CN=O)C(O)C(O)C2O)=CC1CCCC. The van der Waals surface area contributed by atoms with E-state index in [1.807, 2.05) is 6.08 Å². The zero-order valence-electron chi connectivity index (χ0n) is 17.0. The molecule has 0 bridgehead atoms. The quantitative estimate of drug-likeness (QED) is 0.385. The van der Waals surface area contributed by atoms with Crippen LogP contribution in [0, 0.1) is 16.7 Å². The van der Waals surface area contributed by atoms with E-state index in [9.17, 15) is 25.0 Å². The van der Waals surface area contributed by atoms with Crippen molar-refractivity contribution in [2.45, 2.75) is 95.7 Å². The zero-order valence-corrected chi connectivity index (χ0v) is 17.0. The van der Waals surface area contributed by atoms with Crippen LogP contribution in [-0.4, -0.2) is 58.2 Å². The number of Topliss-reactive ketones (excluding diaryl/α,β-unsaturated/α-hetero) is 1. The second-order valence-corrected chi connectivity index (χ2v) is 8.19. The highest BCUT2D eigenvalue weighted by atomic mass is 16.5. The van der Waals surface area contributed by atoms with Gasteiger partial charge in [0.25, 0.3) is 0 Å². The summed E-state index contributed by atoms with van der Waals surface area (Å²) in [5.74, 6) is 0.435. The number of aliphatic hydroxyl groups excluding tert-OH is 3. The highest BCUT2D eigenvalue weighted by Crippen LogP contribution is 2.38. The summed E-state index contributed by atoms with van der Waals surface area (Å²) in [7, 11) is 0. The topological polar surface area (TPSA) is 116 Å². The highest BCUT2D eigenvalue weighted by Gasteiger charge is 2.47. The summed E-state index contributed by atoms with van der Waals surface area (Å²) in [6, 6.07) is 0. The molecule has 28 heavy (non-hydrogen) atoms. The van der Waals surface area contributed by atoms with Crippen molar-refractivity contribution in [2.24, 2.45) is 17.0 Å². The number of hydrogen-bond acceptors (Lipinski definition) is 7. The summed E-state index contributed by atoms with van der Waals surface area (Å²) in [5.41, 5.74) is 0.363. The maximum absolute atomic E-state index is 12.9. The molecule has 7 atom stereocenters. The van der Waals surface area contributed by atoms with Crippen molar-refractivity contribution < 1.29 is 24.9 Å². The van der Waals surface area contributed by atoms with Gasteiger partial charge in [-0.25, -0.2) is 0 Å². The van der Waals surface area contributed by atoms with Crippen molar-refractivity contribution in [3.63, 3.8) is 0 Å². The second kappa shape index (κ2) is 11.1. The van der Waals surface area contributed by atoms with Crippen LogP contribution in [0.3, 0.4) is 0 Å². The number of carbonyl (C=O) groups excluding carboxylic acids is 1. The molecular formula is C21H35NO6. The van der Waals surface area contributed by atoms with Crippen LogP contribution in [0.5, 0.6) is 0 Å². The molecule has 2 aliphatic rings. The minimum atomic E-state index is -1.49. The first kappa shape index (κ1) is 23.1. The first-order valence-corrected chi connectivity index (χ1v) is 10.7. The molecule has 7 nitrogen and oxygen atoms in total. The fourth-order valence-electron chi connectivity index (χ4n) is 4.38. The van der Waals surface area contributed by atoms with E-state index in [0.717, 1.165) is 44.9 Å². The van der Waals surface area contributed by atoms with Gasteiger partial charge < -0.3 is 20.1 Å². The predicted octanol–water partition coefficient (Wildman–Crippen LogP) is 2.51. The summed E-state index contributed by atoms with van der Waals surface area (Å²) >= 11 is 0. The Kier molecular flexibility index (Phi) is 9.21. The molecular weight excluding hydrogens is 362 g/mol. The lowest BCUT2D eigenvalue weighted by Crippen LogP contribution is -2.59. The van der Waals surface area contributed by atoms with Crippen molar-refractivity contribution in [1.29, 1.82) is 0 Å². The minimum Gasteiger partial charge on any atom is -0.388 e. The number of nitrogens with zero attached hydrogens (tertiary/aromatic N) is 1. The van der Waals surface area contributed by atoms with E-state index in [1.165, 1.54) is 0 Å². The maximum Gasteiger partial charge on any atom is 0.161 e. The Balaban J connectivity index is 2.23. The van der Waals surface area contributed by atoms with Gasteiger partial charge >= 0.3 is 0 Å². The molecule has 7 unspecified atom stereocenters. The number of unbranched alkanes of at least 4 members (excludes halogenated alkanes) is 3. The molecule has 1 saturated heterocycles. The van der Waals surface area contributed by atoms with Crippen molar-refractivity contribution in [3.05, 3.63) is 16.6 Å². The molecule has 0 aromatic rings. The van der Waals surface area contributed by atoms with Gasteiger partial charge in [0, 0.05) is 12.0 Å². The average Bonchev–Trinajstić information content (AvgIpc) is 2.68. The van der Waals surface area contributed by atoms with Gasteiger partial charge in [-0.2, -0.15) is 4.91 Å². The molecule has 0 amide bonds. The number of hydrogen-bond donors (Lipinski definition) is 3. The Bertz CT molecular complexity index is 551. The molecule has 0 saturated carbocycles. The van der Waals surface area contributed by atoms with E-state index in [1.54, 1.807) is 0 Å². The summed E-state index contributed by atoms with van der Waals surface area (Å²) in [5, 5.41) is 33.4. The Morgan fingerprint density at radius 1 is 1.04 bits per heavy atom. The molecule has 0 aromatic carbocycles. The number of rotatable bonds is 10. The first-order chi connectivity index (χ1) is 13.4. The lowest BCUT2D eigenvalue weighted by molar-refractivity contribution is -0.209. The lowest BCUT2D eigenvalue weighted by atomic mass is 9.73. The summed E-state index contributed by atoms with van der Waals surface area (Å²) in [6.07, 6.45) is 3.40. The second-order valence-electron chi connectivity index (χ2n) is 8.19. The van der Waals surface area contributed by atoms with Crippen LogP contribution >= 0.6 is 0 Å². The molecule has 0 aromatic heterocycles. The molecule has 1 fully saturated rings. The van der Waals surface area contributed by atoms with E-state index < -0.39 is 30.5 Å². The number of ketones is 1. The molecule has 0 radical (unpaired) electrons. The van der Waals surface area contributed by atoms with E-state index in [0.29, 0.717) is 12.0 Å². The van der Waals surface area contributed by atoms with E-state index in [2.05, 4.69) is 19.0 Å².